The second-order valence-corrected chi connectivity index (χ2v) is 5.60. The van der Waals surface area contributed by atoms with Crippen LogP contribution >= 0.6 is 12.6 Å². The van der Waals surface area contributed by atoms with E-state index in [0.717, 1.165) is 6.07 Å². The largest absolute Gasteiger partial charge is 0.395 e. The average molecular weight is 293 g/mol. The van der Waals surface area contributed by atoms with Crippen LogP contribution in [0.4, 0.5) is 4.39 Å². The molecule has 1 aromatic heterocycles. The number of benzene rings is 1. The molecule has 1 aromatic carbocycles. The molecule has 0 saturated carbocycles. The van der Waals surface area contributed by atoms with Gasteiger partial charge in [0.15, 0.2) is 16.9 Å². The summed E-state index contributed by atoms with van der Waals surface area (Å²) in [5.74, 6) is -0.832. The predicted molar refractivity (Wildman–Crippen MR) is 61.9 cm³/mol. The monoisotopic (exact) mass is 293 g/mol. The van der Waals surface area contributed by atoms with Crippen molar-refractivity contribution in [2.45, 2.75) is 10.1 Å². The number of halogens is 1. The number of nitrogens with zero attached hydrogens (tertiary/aromatic N) is 2. The second kappa shape index (κ2) is 4.46. The standard InChI is InChI=1S/C8H8FN3O4S2/c9-4-1-3(5(17)2-13)8(18(10,14)15)7-6(4)11-16-12-7/h1,5,13,17H,2H2,(H2,10,14,15). The van der Waals surface area contributed by atoms with Gasteiger partial charge in [-0.15, -0.1) is 0 Å². The lowest BCUT2D eigenvalue weighted by Gasteiger charge is -2.12. The maximum Gasteiger partial charge on any atom is 0.240 e. The third kappa shape index (κ3) is 2.07. The molecule has 0 aliphatic rings. The maximum absolute atomic E-state index is 13.6. The van der Waals surface area contributed by atoms with Crippen LogP contribution in [0.5, 0.6) is 0 Å². The Bertz CT molecular complexity index is 700. The molecule has 3 N–H and O–H groups in total. The van der Waals surface area contributed by atoms with E-state index in [-0.39, 0.29) is 16.6 Å². The summed E-state index contributed by atoms with van der Waals surface area (Å²) in [6.07, 6.45) is 0. The Labute approximate surface area is 106 Å². The van der Waals surface area contributed by atoms with Crippen LogP contribution in [-0.2, 0) is 10.0 Å². The molecule has 1 unspecified atom stereocenters. The van der Waals surface area contributed by atoms with Gasteiger partial charge in [0.2, 0.25) is 10.0 Å². The van der Waals surface area contributed by atoms with E-state index in [1.54, 1.807) is 0 Å². The summed E-state index contributed by atoms with van der Waals surface area (Å²) < 4.78 is 41.0. The fraction of sp³-hybridized carbons (Fsp3) is 0.250. The van der Waals surface area contributed by atoms with Crippen molar-refractivity contribution >= 4 is 33.7 Å². The van der Waals surface area contributed by atoms with Crippen LogP contribution in [0.15, 0.2) is 15.6 Å². The summed E-state index contributed by atoms with van der Waals surface area (Å²) in [4.78, 5) is -0.450. The molecule has 2 rings (SSSR count). The zero-order chi connectivity index (χ0) is 13.5. The van der Waals surface area contributed by atoms with Gasteiger partial charge in [-0.3, -0.25) is 0 Å². The van der Waals surface area contributed by atoms with Crippen LogP contribution in [0.3, 0.4) is 0 Å². The molecular formula is C8H8FN3O4S2. The van der Waals surface area contributed by atoms with E-state index in [0.29, 0.717) is 0 Å². The van der Waals surface area contributed by atoms with Gasteiger partial charge in [-0.1, -0.05) is 0 Å². The van der Waals surface area contributed by atoms with Crippen molar-refractivity contribution in [1.82, 2.24) is 10.3 Å². The number of sulfonamides is 1. The molecule has 0 saturated heterocycles. The van der Waals surface area contributed by atoms with Gasteiger partial charge < -0.3 is 5.11 Å². The smallest absolute Gasteiger partial charge is 0.240 e. The van der Waals surface area contributed by atoms with Gasteiger partial charge in [-0.25, -0.2) is 22.6 Å². The van der Waals surface area contributed by atoms with Crippen molar-refractivity contribution in [1.29, 1.82) is 0 Å². The summed E-state index contributed by atoms with van der Waals surface area (Å²) in [5, 5.41) is 19.7. The van der Waals surface area contributed by atoms with Crippen LogP contribution in [0, 0.1) is 5.82 Å². The van der Waals surface area contributed by atoms with E-state index in [4.69, 9.17) is 10.2 Å². The molecule has 0 fully saturated rings. The van der Waals surface area contributed by atoms with Crippen LogP contribution in [0.2, 0.25) is 0 Å². The van der Waals surface area contributed by atoms with Crippen LogP contribution < -0.4 is 5.14 Å². The number of rotatable bonds is 3. The van der Waals surface area contributed by atoms with Crippen LogP contribution in [0.1, 0.15) is 10.8 Å². The first-order valence-electron chi connectivity index (χ1n) is 4.62. The van der Waals surface area contributed by atoms with Gasteiger partial charge in [0.1, 0.15) is 4.90 Å². The average Bonchev–Trinajstić information content (AvgIpc) is 2.75. The third-order valence-corrected chi connectivity index (χ3v) is 3.73. The highest BCUT2D eigenvalue weighted by atomic mass is 32.2. The molecule has 0 spiro atoms. The van der Waals surface area contributed by atoms with Crippen LogP contribution in [0.25, 0.3) is 11.0 Å². The highest BCUT2D eigenvalue weighted by Crippen LogP contribution is 2.32. The van der Waals surface area contributed by atoms with Crippen molar-refractivity contribution in [3.63, 3.8) is 0 Å². The first kappa shape index (κ1) is 13.2. The van der Waals surface area contributed by atoms with Gasteiger partial charge in [0.05, 0.1) is 11.9 Å². The lowest BCUT2D eigenvalue weighted by Crippen LogP contribution is -2.17. The fourth-order valence-corrected chi connectivity index (χ4v) is 2.77. The lowest BCUT2D eigenvalue weighted by molar-refractivity contribution is 0.296. The molecule has 0 bridgehead atoms. The predicted octanol–water partition coefficient (Wildman–Crippen LogP) is -0.0275. The lowest BCUT2D eigenvalue weighted by atomic mass is 10.1. The van der Waals surface area contributed by atoms with E-state index in [9.17, 15) is 12.8 Å². The van der Waals surface area contributed by atoms with E-state index < -0.39 is 32.6 Å². The molecule has 0 radical (unpaired) electrons. The maximum atomic E-state index is 13.6. The van der Waals surface area contributed by atoms with E-state index in [1.165, 1.54) is 0 Å². The first-order valence-corrected chi connectivity index (χ1v) is 6.69. The van der Waals surface area contributed by atoms with Gasteiger partial charge in [0.25, 0.3) is 0 Å². The first-order chi connectivity index (χ1) is 8.36. The number of fused-ring (bicyclic) bond motifs is 1. The van der Waals surface area contributed by atoms with Crippen molar-refractivity contribution in [2.24, 2.45) is 5.14 Å². The molecule has 0 amide bonds. The Hall–Kier alpha value is -1.23. The number of hydrogen-bond donors (Lipinski definition) is 3. The Morgan fingerprint density at radius 2 is 2.11 bits per heavy atom. The highest BCUT2D eigenvalue weighted by molar-refractivity contribution is 7.89. The molecule has 98 valence electrons. The molecule has 0 aliphatic carbocycles. The van der Waals surface area contributed by atoms with Gasteiger partial charge in [-0.05, 0) is 21.9 Å². The molecule has 0 aliphatic heterocycles. The molecule has 2 aromatic rings. The third-order valence-electron chi connectivity index (χ3n) is 2.29. The van der Waals surface area contributed by atoms with E-state index in [2.05, 4.69) is 27.6 Å². The van der Waals surface area contributed by atoms with Crippen LogP contribution in [-0.4, -0.2) is 30.4 Å². The number of aliphatic hydroxyl groups excluding tert-OH is 1. The van der Waals surface area contributed by atoms with Gasteiger partial charge in [0, 0.05) is 0 Å². The molecular weight excluding hydrogens is 285 g/mol. The quantitative estimate of drug-likeness (QED) is 0.684. The van der Waals surface area contributed by atoms with Crippen molar-refractivity contribution < 1.29 is 22.5 Å². The highest BCUT2D eigenvalue weighted by Gasteiger charge is 2.27. The fourth-order valence-electron chi connectivity index (χ4n) is 1.55. The molecule has 1 heterocycles. The zero-order valence-electron chi connectivity index (χ0n) is 8.74. The minimum absolute atomic E-state index is 0.0935. The summed E-state index contributed by atoms with van der Waals surface area (Å²) in [6.45, 7) is -0.498. The number of thiol groups is 1. The van der Waals surface area contributed by atoms with E-state index >= 15 is 0 Å². The summed E-state index contributed by atoms with van der Waals surface area (Å²) in [7, 11) is -4.19. The summed E-state index contributed by atoms with van der Waals surface area (Å²) in [6, 6.07) is 0.889. The number of hydrogen-bond acceptors (Lipinski definition) is 7. The Balaban J connectivity index is 2.92. The number of aromatic nitrogens is 2. The Morgan fingerprint density at radius 1 is 1.50 bits per heavy atom. The van der Waals surface area contributed by atoms with Crippen molar-refractivity contribution in [2.75, 3.05) is 6.61 Å². The molecule has 7 nitrogen and oxygen atoms in total. The normalized spacial score (nSPS) is 14.0. The SMILES string of the molecule is NS(=O)(=O)c1c(C(S)CO)cc(F)c2nonc12. The minimum atomic E-state index is -4.19. The molecule has 18 heavy (non-hydrogen) atoms. The number of aliphatic hydroxyl groups is 1. The number of primary sulfonamides is 1. The van der Waals surface area contributed by atoms with Crippen molar-refractivity contribution in [3.8, 4) is 0 Å². The zero-order valence-corrected chi connectivity index (χ0v) is 10.4. The molecule has 10 heteroatoms. The summed E-state index contributed by atoms with van der Waals surface area (Å²) >= 11 is 3.96. The van der Waals surface area contributed by atoms with Crippen molar-refractivity contribution in [3.05, 3.63) is 17.4 Å². The Kier molecular flexibility index (Phi) is 3.27. The Morgan fingerprint density at radius 3 is 2.67 bits per heavy atom. The van der Waals surface area contributed by atoms with Gasteiger partial charge >= 0.3 is 0 Å². The second-order valence-electron chi connectivity index (χ2n) is 3.48. The summed E-state index contributed by atoms with van der Waals surface area (Å²) in [5.41, 5.74) is -0.759. The minimum Gasteiger partial charge on any atom is -0.395 e. The van der Waals surface area contributed by atoms with Gasteiger partial charge in [-0.2, -0.15) is 12.6 Å². The topological polar surface area (TPSA) is 119 Å². The number of nitrogens with two attached hydrogens (primary N) is 1. The molecule has 1 atom stereocenters. The van der Waals surface area contributed by atoms with E-state index in [1.807, 2.05) is 0 Å².